The Kier molecular flexibility index (Phi) is 3.76. The van der Waals surface area contributed by atoms with E-state index in [0.717, 1.165) is 0 Å². The van der Waals surface area contributed by atoms with Crippen molar-refractivity contribution in [2.75, 3.05) is 0 Å². The first kappa shape index (κ1) is 14.8. The van der Waals surface area contributed by atoms with Crippen molar-refractivity contribution in [3.8, 4) is 5.75 Å². The summed E-state index contributed by atoms with van der Waals surface area (Å²) in [4.78, 5) is 23.8. The van der Waals surface area contributed by atoms with Gasteiger partial charge in [-0.2, -0.15) is 0 Å². The summed E-state index contributed by atoms with van der Waals surface area (Å²) in [7, 11) is 0. The highest BCUT2D eigenvalue weighted by Gasteiger charge is 2.54. The van der Waals surface area contributed by atoms with E-state index in [9.17, 15) is 14.0 Å². The molecule has 1 aromatic rings. The lowest BCUT2D eigenvalue weighted by molar-refractivity contribution is -0.132. The molecule has 2 fully saturated rings. The minimum absolute atomic E-state index is 0.00161. The molecule has 0 spiro atoms. The van der Waals surface area contributed by atoms with E-state index in [1.807, 2.05) is 6.92 Å². The Labute approximate surface area is 128 Å². The molecule has 6 heteroatoms. The predicted molar refractivity (Wildman–Crippen MR) is 77.8 cm³/mol. The van der Waals surface area contributed by atoms with Crippen molar-refractivity contribution in [3.63, 3.8) is 0 Å². The molecule has 2 aliphatic rings. The van der Waals surface area contributed by atoms with E-state index in [-0.39, 0.29) is 29.6 Å². The average molecular weight is 306 g/mol. The standard InChI is InChI=1S/C16H19FN2O3/c1-10-12(6-7-14(20)18-10)19-15(21)16(8-9-16)22-13-5-3-2-4-11(13)17/h2-5,10,12H,6-9H2,1H3,(H,18,20)(H,19,21). The van der Waals surface area contributed by atoms with Crippen LogP contribution in [0.25, 0.3) is 0 Å². The van der Waals surface area contributed by atoms with E-state index in [1.165, 1.54) is 12.1 Å². The first-order valence-corrected chi connectivity index (χ1v) is 7.54. The van der Waals surface area contributed by atoms with Crippen LogP contribution in [0.15, 0.2) is 24.3 Å². The summed E-state index contributed by atoms with van der Waals surface area (Å²) in [5.74, 6) is -0.606. The quantitative estimate of drug-likeness (QED) is 0.886. The minimum atomic E-state index is -0.969. The van der Waals surface area contributed by atoms with Crippen molar-refractivity contribution in [1.29, 1.82) is 0 Å². The Balaban J connectivity index is 1.64. The van der Waals surface area contributed by atoms with Crippen molar-refractivity contribution in [1.82, 2.24) is 10.6 Å². The van der Waals surface area contributed by atoms with Gasteiger partial charge in [-0.15, -0.1) is 0 Å². The number of halogens is 1. The van der Waals surface area contributed by atoms with Gasteiger partial charge in [0.05, 0.1) is 0 Å². The Morgan fingerprint density at radius 3 is 2.77 bits per heavy atom. The fourth-order valence-electron chi connectivity index (χ4n) is 2.69. The number of carbonyl (C=O) groups is 2. The van der Waals surface area contributed by atoms with Crippen LogP contribution in [-0.4, -0.2) is 29.5 Å². The molecule has 1 saturated carbocycles. The van der Waals surface area contributed by atoms with Gasteiger partial charge in [-0.25, -0.2) is 4.39 Å². The van der Waals surface area contributed by atoms with Gasteiger partial charge in [0.25, 0.3) is 5.91 Å². The van der Waals surface area contributed by atoms with Gasteiger partial charge in [0.2, 0.25) is 5.91 Å². The van der Waals surface area contributed by atoms with Crippen LogP contribution in [0.4, 0.5) is 4.39 Å². The SMILES string of the molecule is CC1NC(=O)CCC1NC(=O)C1(Oc2ccccc2F)CC1. The maximum absolute atomic E-state index is 13.7. The van der Waals surface area contributed by atoms with E-state index in [4.69, 9.17) is 4.74 Å². The first-order valence-electron chi connectivity index (χ1n) is 7.54. The number of ether oxygens (including phenoxy) is 1. The van der Waals surface area contributed by atoms with Gasteiger partial charge >= 0.3 is 0 Å². The molecule has 2 atom stereocenters. The number of benzene rings is 1. The molecular formula is C16H19FN2O3. The second kappa shape index (κ2) is 5.59. The molecular weight excluding hydrogens is 287 g/mol. The zero-order chi connectivity index (χ0) is 15.7. The highest BCUT2D eigenvalue weighted by Crippen LogP contribution is 2.41. The molecule has 118 valence electrons. The lowest BCUT2D eigenvalue weighted by Crippen LogP contribution is -2.56. The van der Waals surface area contributed by atoms with Crippen molar-refractivity contribution < 1.29 is 18.7 Å². The summed E-state index contributed by atoms with van der Waals surface area (Å²) in [5, 5.41) is 5.74. The van der Waals surface area contributed by atoms with Crippen LogP contribution in [0.5, 0.6) is 5.75 Å². The van der Waals surface area contributed by atoms with Crippen LogP contribution in [0, 0.1) is 5.82 Å². The fraction of sp³-hybridized carbons (Fsp3) is 0.500. The lowest BCUT2D eigenvalue weighted by atomic mass is 9.99. The largest absolute Gasteiger partial charge is 0.474 e. The number of hydrogen-bond acceptors (Lipinski definition) is 3. The van der Waals surface area contributed by atoms with Crippen molar-refractivity contribution in [3.05, 3.63) is 30.1 Å². The van der Waals surface area contributed by atoms with Gasteiger partial charge in [-0.3, -0.25) is 9.59 Å². The van der Waals surface area contributed by atoms with Crippen molar-refractivity contribution >= 4 is 11.8 Å². The number of nitrogens with one attached hydrogen (secondary N) is 2. The van der Waals surface area contributed by atoms with Gasteiger partial charge in [0.1, 0.15) is 0 Å². The van der Waals surface area contributed by atoms with Gasteiger partial charge in [0, 0.05) is 31.3 Å². The van der Waals surface area contributed by atoms with Crippen LogP contribution < -0.4 is 15.4 Å². The highest BCUT2D eigenvalue weighted by molar-refractivity contribution is 5.89. The number of hydrogen-bond donors (Lipinski definition) is 2. The first-order chi connectivity index (χ1) is 10.5. The second-order valence-electron chi connectivity index (χ2n) is 6.00. The maximum atomic E-state index is 13.7. The molecule has 2 N–H and O–H groups in total. The summed E-state index contributed by atoms with van der Waals surface area (Å²) in [5.41, 5.74) is -0.969. The van der Waals surface area contributed by atoms with Gasteiger partial charge in [-0.1, -0.05) is 12.1 Å². The molecule has 0 aromatic heterocycles. The van der Waals surface area contributed by atoms with Crippen LogP contribution in [0.3, 0.4) is 0 Å². The van der Waals surface area contributed by atoms with Crippen molar-refractivity contribution in [2.24, 2.45) is 0 Å². The molecule has 5 nitrogen and oxygen atoms in total. The molecule has 2 unspecified atom stereocenters. The highest BCUT2D eigenvalue weighted by atomic mass is 19.1. The lowest BCUT2D eigenvalue weighted by Gasteiger charge is -2.31. The van der Waals surface area contributed by atoms with Crippen LogP contribution >= 0.6 is 0 Å². The third kappa shape index (κ3) is 2.91. The number of amides is 2. The maximum Gasteiger partial charge on any atom is 0.264 e. The van der Waals surface area contributed by atoms with Crippen LogP contribution in [0.2, 0.25) is 0 Å². The van der Waals surface area contributed by atoms with E-state index < -0.39 is 11.4 Å². The van der Waals surface area contributed by atoms with E-state index in [1.54, 1.807) is 12.1 Å². The van der Waals surface area contributed by atoms with E-state index in [2.05, 4.69) is 10.6 Å². The molecule has 1 heterocycles. The summed E-state index contributed by atoms with van der Waals surface area (Å²) < 4.78 is 19.3. The zero-order valence-electron chi connectivity index (χ0n) is 12.4. The molecule has 0 bridgehead atoms. The molecule has 3 rings (SSSR count). The summed E-state index contributed by atoms with van der Waals surface area (Å²) in [6.45, 7) is 1.86. The second-order valence-corrected chi connectivity index (χ2v) is 6.00. The van der Waals surface area contributed by atoms with Crippen molar-refractivity contribution in [2.45, 2.75) is 50.3 Å². The Morgan fingerprint density at radius 2 is 2.14 bits per heavy atom. The number of piperidine rings is 1. The number of para-hydroxylation sites is 1. The van der Waals surface area contributed by atoms with Crippen LogP contribution in [0.1, 0.15) is 32.6 Å². The van der Waals surface area contributed by atoms with Crippen LogP contribution in [-0.2, 0) is 9.59 Å². The third-order valence-corrected chi connectivity index (χ3v) is 4.25. The Morgan fingerprint density at radius 1 is 1.41 bits per heavy atom. The van der Waals surface area contributed by atoms with E-state index >= 15 is 0 Å². The molecule has 0 radical (unpaired) electrons. The Hall–Kier alpha value is -2.11. The summed E-state index contributed by atoms with van der Waals surface area (Å²) >= 11 is 0. The number of carbonyl (C=O) groups excluding carboxylic acids is 2. The molecule has 1 aliphatic carbocycles. The predicted octanol–water partition coefficient (Wildman–Crippen LogP) is 1.52. The topological polar surface area (TPSA) is 67.4 Å². The third-order valence-electron chi connectivity index (χ3n) is 4.25. The Bertz CT molecular complexity index is 601. The molecule has 1 aromatic carbocycles. The monoisotopic (exact) mass is 306 g/mol. The summed E-state index contributed by atoms with van der Waals surface area (Å²) in [6.07, 6.45) is 2.15. The molecule has 22 heavy (non-hydrogen) atoms. The minimum Gasteiger partial charge on any atom is -0.474 e. The molecule has 2 amide bonds. The smallest absolute Gasteiger partial charge is 0.264 e. The van der Waals surface area contributed by atoms with E-state index in [0.29, 0.717) is 25.7 Å². The molecule has 1 saturated heterocycles. The summed E-state index contributed by atoms with van der Waals surface area (Å²) in [6, 6.07) is 5.84. The molecule has 1 aliphatic heterocycles. The van der Waals surface area contributed by atoms with Gasteiger partial charge < -0.3 is 15.4 Å². The normalized spacial score (nSPS) is 26.0. The van der Waals surface area contributed by atoms with Gasteiger partial charge in [0.15, 0.2) is 17.2 Å². The zero-order valence-corrected chi connectivity index (χ0v) is 12.4. The average Bonchev–Trinajstić information content (AvgIpc) is 3.25. The van der Waals surface area contributed by atoms with Gasteiger partial charge in [-0.05, 0) is 25.5 Å². The fourth-order valence-corrected chi connectivity index (χ4v) is 2.69. The number of rotatable bonds is 4.